The Balaban J connectivity index is 1.23. The van der Waals surface area contributed by atoms with Crippen LogP contribution in [0.15, 0.2) is 72.8 Å². The highest BCUT2D eigenvalue weighted by Crippen LogP contribution is 2.39. The largest absolute Gasteiger partial charge is 0.392 e. The summed E-state index contributed by atoms with van der Waals surface area (Å²) in [5.74, 6) is -0.638. The van der Waals surface area contributed by atoms with Gasteiger partial charge in [0.05, 0.1) is 48.8 Å². The van der Waals surface area contributed by atoms with Gasteiger partial charge in [-0.15, -0.1) is 0 Å². The molecule has 3 aliphatic heterocycles. The zero-order valence-corrected chi connectivity index (χ0v) is 21.0. The first-order valence-corrected chi connectivity index (χ1v) is 13.0. The fourth-order valence-electron chi connectivity index (χ4n) is 5.31. The van der Waals surface area contributed by atoms with E-state index in [2.05, 4.69) is 4.90 Å². The van der Waals surface area contributed by atoms with E-state index < -0.39 is 6.29 Å². The second-order valence-corrected chi connectivity index (χ2v) is 9.85. The van der Waals surface area contributed by atoms with Gasteiger partial charge in [-0.1, -0.05) is 48.5 Å². The summed E-state index contributed by atoms with van der Waals surface area (Å²) in [4.78, 5) is 29.4. The lowest BCUT2D eigenvalue weighted by molar-refractivity contribution is -0.253. The van der Waals surface area contributed by atoms with Gasteiger partial charge in [0.15, 0.2) is 6.29 Å². The molecule has 3 aromatic rings. The molecule has 0 aliphatic carbocycles. The summed E-state index contributed by atoms with van der Waals surface area (Å²) >= 11 is 0. The van der Waals surface area contributed by atoms with E-state index >= 15 is 0 Å². The van der Waals surface area contributed by atoms with Crippen LogP contribution in [0.2, 0.25) is 0 Å². The molecule has 8 nitrogen and oxygen atoms in total. The van der Waals surface area contributed by atoms with Crippen molar-refractivity contribution in [1.29, 1.82) is 0 Å². The molecule has 2 amide bonds. The molecule has 1 N–H and O–H groups in total. The van der Waals surface area contributed by atoms with Gasteiger partial charge in [0, 0.05) is 31.6 Å². The summed E-state index contributed by atoms with van der Waals surface area (Å²) in [5, 5.41) is 9.43. The third kappa shape index (κ3) is 4.89. The molecule has 0 radical (unpaired) electrons. The summed E-state index contributed by atoms with van der Waals surface area (Å²) in [6.45, 7) is 3.96. The van der Waals surface area contributed by atoms with Crippen molar-refractivity contribution in [2.45, 2.75) is 31.5 Å². The Labute approximate surface area is 221 Å². The Morgan fingerprint density at radius 2 is 1.42 bits per heavy atom. The Hall–Kier alpha value is -3.40. The molecule has 2 saturated heterocycles. The van der Waals surface area contributed by atoms with Crippen LogP contribution in [0, 0.1) is 0 Å². The van der Waals surface area contributed by atoms with E-state index in [1.165, 1.54) is 4.90 Å². The predicted molar refractivity (Wildman–Crippen MR) is 140 cm³/mol. The molecule has 0 bridgehead atoms. The maximum absolute atomic E-state index is 12.9. The molecule has 3 aliphatic rings. The summed E-state index contributed by atoms with van der Waals surface area (Å²) in [6.07, 6.45) is -0.123. The van der Waals surface area contributed by atoms with Crippen molar-refractivity contribution in [3.63, 3.8) is 0 Å². The van der Waals surface area contributed by atoms with E-state index in [1.807, 2.05) is 36.4 Å². The van der Waals surface area contributed by atoms with Crippen LogP contribution in [0.4, 0.5) is 5.69 Å². The Morgan fingerprint density at radius 1 is 0.789 bits per heavy atom. The standard InChI is InChI=1S/C30H30N2O6/c33-19-20-5-7-21(8-6-20)27-17-24(18-31-13-15-36-16-14-31)37-30(38-27)22-9-11-23(12-10-22)32-28(34)25-3-1-2-4-26(25)29(32)35/h1-12,24,27,30,33H,13-19H2. The summed E-state index contributed by atoms with van der Waals surface area (Å²) < 4.78 is 18.4. The number of morpholine rings is 1. The van der Waals surface area contributed by atoms with Crippen molar-refractivity contribution in [3.05, 3.63) is 101 Å². The van der Waals surface area contributed by atoms with Gasteiger partial charge in [-0.3, -0.25) is 14.5 Å². The number of carbonyl (C=O) groups is 2. The van der Waals surface area contributed by atoms with Crippen LogP contribution in [-0.2, 0) is 20.8 Å². The van der Waals surface area contributed by atoms with Crippen molar-refractivity contribution < 1.29 is 28.9 Å². The van der Waals surface area contributed by atoms with Crippen LogP contribution in [0.25, 0.3) is 0 Å². The second-order valence-electron chi connectivity index (χ2n) is 9.85. The predicted octanol–water partition coefficient (Wildman–Crippen LogP) is 3.86. The van der Waals surface area contributed by atoms with E-state index in [1.54, 1.807) is 36.4 Å². The fraction of sp³-hybridized carbons (Fsp3) is 0.333. The zero-order valence-electron chi connectivity index (χ0n) is 21.0. The molecular formula is C30H30N2O6. The van der Waals surface area contributed by atoms with Crippen molar-refractivity contribution in [2.75, 3.05) is 37.7 Å². The molecule has 2 fully saturated rings. The van der Waals surface area contributed by atoms with Crippen molar-refractivity contribution in [3.8, 4) is 0 Å². The molecule has 38 heavy (non-hydrogen) atoms. The molecule has 3 aromatic carbocycles. The Kier molecular flexibility index (Phi) is 7.06. The lowest BCUT2D eigenvalue weighted by atomic mass is 9.99. The second kappa shape index (κ2) is 10.8. The van der Waals surface area contributed by atoms with Crippen LogP contribution in [0.1, 0.15) is 56.2 Å². The van der Waals surface area contributed by atoms with Gasteiger partial charge in [-0.25, -0.2) is 4.90 Å². The number of rotatable bonds is 6. The molecule has 0 saturated carbocycles. The fourth-order valence-corrected chi connectivity index (χ4v) is 5.31. The first kappa shape index (κ1) is 24.9. The van der Waals surface area contributed by atoms with Crippen molar-refractivity contribution >= 4 is 17.5 Å². The average molecular weight is 515 g/mol. The number of benzene rings is 3. The lowest BCUT2D eigenvalue weighted by Crippen LogP contribution is -2.44. The minimum Gasteiger partial charge on any atom is -0.392 e. The van der Waals surface area contributed by atoms with Gasteiger partial charge in [0.25, 0.3) is 11.8 Å². The number of fused-ring (bicyclic) bond motifs is 1. The Bertz CT molecular complexity index is 1270. The lowest BCUT2D eigenvalue weighted by Gasteiger charge is -2.39. The highest BCUT2D eigenvalue weighted by atomic mass is 16.7. The van der Waals surface area contributed by atoms with Crippen LogP contribution in [0.3, 0.4) is 0 Å². The Morgan fingerprint density at radius 3 is 2.05 bits per heavy atom. The molecule has 3 atom stereocenters. The quantitative estimate of drug-likeness (QED) is 0.500. The minimum atomic E-state index is -0.603. The summed E-state index contributed by atoms with van der Waals surface area (Å²) in [6, 6.07) is 21.9. The molecule has 0 aromatic heterocycles. The number of aliphatic hydroxyl groups excluding tert-OH is 1. The highest BCUT2D eigenvalue weighted by Gasteiger charge is 2.37. The third-order valence-corrected chi connectivity index (χ3v) is 7.40. The van der Waals surface area contributed by atoms with E-state index in [-0.39, 0.29) is 30.6 Å². The number of hydrogen-bond donors (Lipinski definition) is 1. The summed E-state index contributed by atoms with van der Waals surface area (Å²) in [7, 11) is 0. The van der Waals surface area contributed by atoms with Gasteiger partial charge in [0.2, 0.25) is 0 Å². The maximum atomic E-state index is 12.9. The number of hydrogen-bond acceptors (Lipinski definition) is 7. The average Bonchev–Trinajstić information content (AvgIpc) is 3.23. The number of carbonyl (C=O) groups excluding carboxylic acids is 2. The van der Waals surface area contributed by atoms with Gasteiger partial charge < -0.3 is 19.3 Å². The van der Waals surface area contributed by atoms with E-state index in [0.717, 1.165) is 49.5 Å². The number of nitrogens with zero attached hydrogens (tertiary/aromatic N) is 2. The van der Waals surface area contributed by atoms with Gasteiger partial charge in [-0.2, -0.15) is 0 Å². The molecule has 6 rings (SSSR count). The van der Waals surface area contributed by atoms with E-state index in [0.29, 0.717) is 23.2 Å². The van der Waals surface area contributed by atoms with Gasteiger partial charge in [-0.05, 0) is 35.4 Å². The van der Waals surface area contributed by atoms with E-state index in [9.17, 15) is 14.7 Å². The van der Waals surface area contributed by atoms with E-state index in [4.69, 9.17) is 14.2 Å². The number of amides is 2. The number of aliphatic hydroxyl groups is 1. The molecule has 0 spiro atoms. The smallest absolute Gasteiger partial charge is 0.266 e. The third-order valence-electron chi connectivity index (χ3n) is 7.40. The summed E-state index contributed by atoms with van der Waals surface area (Å²) in [5.41, 5.74) is 4.05. The number of ether oxygens (including phenoxy) is 3. The monoisotopic (exact) mass is 514 g/mol. The zero-order chi connectivity index (χ0) is 26.1. The highest BCUT2D eigenvalue weighted by molar-refractivity contribution is 6.34. The molecule has 3 unspecified atom stereocenters. The normalized spacial score (nSPS) is 24.0. The van der Waals surface area contributed by atoms with Gasteiger partial charge >= 0.3 is 0 Å². The molecule has 8 heteroatoms. The van der Waals surface area contributed by atoms with Gasteiger partial charge in [0.1, 0.15) is 0 Å². The van der Waals surface area contributed by atoms with Crippen LogP contribution in [0.5, 0.6) is 0 Å². The maximum Gasteiger partial charge on any atom is 0.266 e. The van der Waals surface area contributed by atoms with Crippen LogP contribution in [-0.4, -0.2) is 60.8 Å². The topological polar surface area (TPSA) is 88.5 Å². The number of anilines is 1. The molecular weight excluding hydrogens is 484 g/mol. The van der Waals surface area contributed by atoms with Crippen LogP contribution < -0.4 is 4.90 Å². The molecule has 3 heterocycles. The van der Waals surface area contributed by atoms with Crippen molar-refractivity contribution in [1.82, 2.24) is 4.90 Å². The molecule has 196 valence electrons. The first-order chi connectivity index (χ1) is 18.6. The number of imide groups is 1. The first-order valence-electron chi connectivity index (χ1n) is 13.0. The van der Waals surface area contributed by atoms with Crippen LogP contribution >= 0.6 is 0 Å². The SMILES string of the molecule is O=C1c2ccccc2C(=O)N1c1ccc(C2OC(CN3CCOCC3)CC(c3ccc(CO)cc3)O2)cc1. The van der Waals surface area contributed by atoms with Crippen molar-refractivity contribution in [2.24, 2.45) is 0 Å². The minimum absolute atomic E-state index is 0.00332.